The number of anilines is 2. The Kier molecular flexibility index (Phi) is 3.83. The standard InChI is InChI=1S/C11H10BrN3O2S/c1-17-11-6(5-13)8(3-2-7(11)12)14-10-4-9(16)15-18-10/h2-5,13-14H,1H3,(H,15,16). The summed E-state index contributed by atoms with van der Waals surface area (Å²) in [5.41, 5.74) is 1.18. The molecule has 0 saturated carbocycles. The average Bonchev–Trinajstić information content (AvgIpc) is 2.76. The van der Waals surface area contributed by atoms with E-state index in [0.717, 1.165) is 4.47 Å². The lowest BCUT2D eigenvalue weighted by Gasteiger charge is -2.12. The van der Waals surface area contributed by atoms with Gasteiger partial charge in [0.15, 0.2) is 0 Å². The average molecular weight is 328 g/mol. The van der Waals surface area contributed by atoms with Crippen molar-refractivity contribution in [3.63, 3.8) is 0 Å². The highest BCUT2D eigenvalue weighted by Gasteiger charge is 2.11. The number of rotatable bonds is 4. The van der Waals surface area contributed by atoms with Gasteiger partial charge in [-0.05, 0) is 39.6 Å². The number of methoxy groups -OCH3 is 1. The van der Waals surface area contributed by atoms with Crippen LogP contribution in [-0.4, -0.2) is 17.7 Å². The summed E-state index contributed by atoms with van der Waals surface area (Å²) in [6.07, 6.45) is 1.21. The van der Waals surface area contributed by atoms with E-state index in [-0.39, 0.29) is 5.56 Å². The number of H-pyrrole nitrogens is 1. The summed E-state index contributed by atoms with van der Waals surface area (Å²) >= 11 is 4.57. The van der Waals surface area contributed by atoms with Crippen molar-refractivity contribution in [2.24, 2.45) is 0 Å². The molecule has 94 valence electrons. The first-order chi connectivity index (χ1) is 8.65. The van der Waals surface area contributed by atoms with E-state index < -0.39 is 0 Å². The molecule has 0 spiro atoms. The molecule has 5 nitrogen and oxygen atoms in total. The molecule has 0 saturated heterocycles. The van der Waals surface area contributed by atoms with Gasteiger partial charge in [-0.3, -0.25) is 9.17 Å². The second-order valence-corrected chi connectivity index (χ2v) is 5.09. The molecule has 0 fully saturated rings. The summed E-state index contributed by atoms with van der Waals surface area (Å²) in [7, 11) is 1.55. The molecule has 7 heteroatoms. The summed E-state index contributed by atoms with van der Waals surface area (Å²) in [4.78, 5) is 11.0. The van der Waals surface area contributed by atoms with E-state index in [9.17, 15) is 4.79 Å². The van der Waals surface area contributed by atoms with E-state index >= 15 is 0 Å². The second kappa shape index (κ2) is 5.36. The molecule has 0 radical (unpaired) electrons. The first-order valence-corrected chi connectivity index (χ1v) is 6.59. The molecule has 0 aliphatic heterocycles. The van der Waals surface area contributed by atoms with Crippen LogP contribution < -0.4 is 15.6 Å². The number of hydrogen-bond donors (Lipinski definition) is 3. The molecule has 0 unspecified atom stereocenters. The smallest absolute Gasteiger partial charge is 0.260 e. The third kappa shape index (κ3) is 2.46. The fraction of sp³-hybridized carbons (Fsp3) is 0.0909. The Morgan fingerprint density at radius 3 is 2.89 bits per heavy atom. The molecule has 18 heavy (non-hydrogen) atoms. The van der Waals surface area contributed by atoms with Gasteiger partial charge in [0.2, 0.25) is 0 Å². The van der Waals surface area contributed by atoms with Crippen LogP contribution in [0.5, 0.6) is 5.75 Å². The van der Waals surface area contributed by atoms with Gasteiger partial charge in [-0.25, -0.2) is 0 Å². The topological polar surface area (TPSA) is 78.0 Å². The SMILES string of the molecule is COc1c(Br)ccc(Nc2cc(=O)[nH]s2)c1C=N. The molecule has 2 rings (SSSR count). The number of nitrogens with one attached hydrogen (secondary N) is 3. The first-order valence-electron chi connectivity index (χ1n) is 4.98. The van der Waals surface area contributed by atoms with Crippen molar-refractivity contribution in [2.45, 2.75) is 0 Å². The monoisotopic (exact) mass is 327 g/mol. The van der Waals surface area contributed by atoms with Crippen LogP contribution in [0.1, 0.15) is 5.56 Å². The van der Waals surface area contributed by atoms with E-state index in [4.69, 9.17) is 10.1 Å². The third-order valence-electron chi connectivity index (χ3n) is 2.28. The van der Waals surface area contributed by atoms with Crippen LogP contribution in [0, 0.1) is 5.41 Å². The van der Waals surface area contributed by atoms with E-state index in [0.29, 0.717) is 22.0 Å². The Balaban J connectivity index is 2.44. The van der Waals surface area contributed by atoms with Gasteiger partial charge < -0.3 is 15.5 Å². The minimum absolute atomic E-state index is 0.150. The molecule has 1 heterocycles. The second-order valence-electron chi connectivity index (χ2n) is 3.39. The normalized spacial score (nSPS) is 10.1. The van der Waals surface area contributed by atoms with Crippen molar-refractivity contribution < 1.29 is 4.74 Å². The van der Waals surface area contributed by atoms with Crippen LogP contribution in [0.25, 0.3) is 0 Å². The quantitative estimate of drug-likeness (QED) is 0.755. The lowest BCUT2D eigenvalue weighted by molar-refractivity contribution is 0.412. The van der Waals surface area contributed by atoms with E-state index in [1.807, 2.05) is 12.1 Å². The molecule has 3 N–H and O–H groups in total. The molecular formula is C11H10BrN3O2S. The number of aromatic nitrogens is 1. The van der Waals surface area contributed by atoms with Gasteiger partial charge in [0.05, 0.1) is 22.8 Å². The van der Waals surface area contributed by atoms with Crippen molar-refractivity contribution >= 4 is 44.4 Å². The first kappa shape index (κ1) is 12.8. The highest BCUT2D eigenvalue weighted by atomic mass is 79.9. The number of hydrogen-bond acceptors (Lipinski definition) is 5. The molecule has 0 atom stereocenters. The lowest BCUT2D eigenvalue weighted by Crippen LogP contribution is -1.99. The zero-order valence-corrected chi connectivity index (χ0v) is 11.8. The molecule has 0 aliphatic carbocycles. The maximum Gasteiger partial charge on any atom is 0.260 e. The Bertz CT molecular complexity index is 635. The summed E-state index contributed by atoms with van der Waals surface area (Å²) in [6.45, 7) is 0. The van der Waals surface area contributed by atoms with Crippen LogP contribution in [0.15, 0.2) is 27.5 Å². The maximum atomic E-state index is 11.0. The largest absolute Gasteiger partial charge is 0.495 e. The van der Waals surface area contributed by atoms with Gasteiger partial charge in [0.25, 0.3) is 5.56 Å². The predicted molar refractivity (Wildman–Crippen MR) is 76.8 cm³/mol. The van der Waals surface area contributed by atoms with Crippen LogP contribution in [0.4, 0.5) is 10.7 Å². The van der Waals surface area contributed by atoms with Crippen LogP contribution in [0.3, 0.4) is 0 Å². The van der Waals surface area contributed by atoms with E-state index in [2.05, 4.69) is 25.6 Å². The minimum atomic E-state index is -0.150. The summed E-state index contributed by atoms with van der Waals surface area (Å²) in [5.74, 6) is 0.581. The third-order valence-corrected chi connectivity index (χ3v) is 3.65. The van der Waals surface area contributed by atoms with Crippen LogP contribution >= 0.6 is 27.5 Å². The van der Waals surface area contributed by atoms with Gasteiger partial charge in [-0.15, -0.1) is 0 Å². The van der Waals surface area contributed by atoms with Crippen LogP contribution in [0.2, 0.25) is 0 Å². The lowest BCUT2D eigenvalue weighted by atomic mass is 10.1. The Labute approximate surface area is 116 Å². The van der Waals surface area contributed by atoms with Crippen molar-refractivity contribution in [3.05, 3.63) is 38.6 Å². The predicted octanol–water partition coefficient (Wildman–Crippen LogP) is 2.95. The van der Waals surface area contributed by atoms with Gasteiger partial charge in [0, 0.05) is 12.3 Å². The summed E-state index contributed by atoms with van der Waals surface area (Å²) in [5, 5.41) is 11.2. The molecule has 0 aliphatic rings. The Morgan fingerprint density at radius 1 is 1.56 bits per heavy atom. The van der Waals surface area contributed by atoms with Crippen molar-refractivity contribution in [1.82, 2.24) is 4.37 Å². The van der Waals surface area contributed by atoms with Crippen molar-refractivity contribution in [3.8, 4) is 5.75 Å². The highest BCUT2D eigenvalue weighted by molar-refractivity contribution is 9.10. The summed E-state index contributed by atoms with van der Waals surface area (Å²) in [6, 6.07) is 5.10. The Morgan fingerprint density at radius 2 is 2.33 bits per heavy atom. The van der Waals surface area contributed by atoms with E-state index in [1.54, 1.807) is 7.11 Å². The van der Waals surface area contributed by atoms with Gasteiger partial charge in [-0.1, -0.05) is 0 Å². The van der Waals surface area contributed by atoms with Gasteiger partial charge >= 0.3 is 0 Å². The van der Waals surface area contributed by atoms with Crippen LogP contribution in [-0.2, 0) is 0 Å². The summed E-state index contributed by atoms with van der Waals surface area (Å²) < 4.78 is 8.61. The Hall–Kier alpha value is -1.60. The van der Waals surface area contributed by atoms with Crippen molar-refractivity contribution in [1.29, 1.82) is 5.41 Å². The van der Waals surface area contributed by atoms with Crippen molar-refractivity contribution in [2.75, 3.05) is 12.4 Å². The number of benzene rings is 1. The number of ether oxygens (including phenoxy) is 1. The van der Waals surface area contributed by atoms with Gasteiger partial charge in [-0.2, -0.15) is 0 Å². The van der Waals surface area contributed by atoms with E-state index in [1.165, 1.54) is 23.8 Å². The molecule has 0 bridgehead atoms. The number of aromatic amines is 1. The molecule has 0 amide bonds. The molecular weight excluding hydrogens is 318 g/mol. The fourth-order valence-electron chi connectivity index (χ4n) is 1.51. The fourth-order valence-corrected chi connectivity index (χ4v) is 2.61. The molecule has 1 aromatic heterocycles. The highest BCUT2D eigenvalue weighted by Crippen LogP contribution is 2.34. The number of halogens is 1. The van der Waals surface area contributed by atoms with Gasteiger partial charge in [0.1, 0.15) is 10.8 Å². The zero-order valence-electron chi connectivity index (χ0n) is 9.41. The zero-order chi connectivity index (χ0) is 13.1. The molecule has 1 aromatic carbocycles. The molecule has 2 aromatic rings. The minimum Gasteiger partial charge on any atom is -0.495 e. The maximum absolute atomic E-state index is 11.0.